The van der Waals surface area contributed by atoms with Gasteiger partial charge >= 0.3 is 0 Å². The fourth-order valence-corrected chi connectivity index (χ4v) is 2.79. The summed E-state index contributed by atoms with van der Waals surface area (Å²) in [5, 5.41) is 3.15. The Bertz CT molecular complexity index is 287. The second-order valence-electron chi connectivity index (χ2n) is 3.34. The summed E-state index contributed by atoms with van der Waals surface area (Å²) in [5.74, 6) is 0. The molecule has 0 aliphatic carbocycles. The first-order valence-corrected chi connectivity index (χ1v) is 5.99. The highest BCUT2D eigenvalue weighted by atomic mass is 32.1. The maximum Gasteiger partial charge on any atom is 0.0915 e. The van der Waals surface area contributed by atoms with Crippen molar-refractivity contribution < 1.29 is 0 Å². The van der Waals surface area contributed by atoms with E-state index in [1.54, 1.807) is 16.7 Å². The Kier molecular flexibility index (Phi) is 2.96. The van der Waals surface area contributed by atoms with Crippen LogP contribution < -0.4 is 4.90 Å². The van der Waals surface area contributed by atoms with E-state index in [2.05, 4.69) is 17.0 Å². The van der Waals surface area contributed by atoms with Gasteiger partial charge < -0.3 is 4.90 Å². The van der Waals surface area contributed by atoms with E-state index in [0.29, 0.717) is 0 Å². The van der Waals surface area contributed by atoms with E-state index in [-0.39, 0.29) is 0 Å². The van der Waals surface area contributed by atoms with Gasteiger partial charge in [0.1, 0.15) is 0 Å². The van der Waals surface area contributed by atoms with Crippen LogP contribution in [0.2, 0.25) is 0 Å². The summed E-state index contributed by atoms with van der Waals surface area (Å²) < 4.78 is 0. The molecule has 0 aromatic carbocycles. The summed E-state index contributed by atoms with van der Waals surface area (Å²) in [5.41, 5.74) is 0. The molecule has 1 aromatic heterocycles. The third-order valence-corrected chi connectivity index (χ3v) is 3.89. The Morgan fingerprint density at radius 2 is 2.00 bits per heavy atom. The standard InChI is InChI=1S/C10H13NS2/c12-8-9-4-5-10(13-9)11-6-2-1-3-7-11/h4-5,8H,1-3,6-7H2. The lowest BCUT2D eigenvalue weighted by Gasteiger charge is -2.27. The molecular formula is C10H13NS2. The zero-order valence-corrected chi connectivity index (χ0v) is 9.16. The molecule has 0 spiro atoms. The van der Waals surface area contributed by atoms with Gasteiger partial charge in [-0.2, -0.15) is 0 Å². The molecule has 0 N–H and O–H groups in total. The van der Waals surface area contributed by atoms with E-state index >= 15 is 0 Å². The van der Waals surface area contributed by atoms with Gasteiger partial charge in [0.15, 0.2) is 0 Å². The lowest BCUT2D eigenvalue weighted by Crippen LogP contribution is -2.28. The third-order valence-electron chi connectivity index (χ3n) is 2.40. The highest BCUT2D eigenvalue weighted by molar-refractivity contribution is 7.79. The van der Waals surface area contributed by atoms with E-state index in [0.717, 1.165) is 0 Å². The predicted molar refractivity (Wildman–Crippen MR) is 63.1 cm³/mol. The Morgan fingerprint density at radius 3 is 2.62 bits per heavy atom. The Labute approximate surface area is 88.4 Å². The largest absolute Gasteiger partial charge is 0.363 e. The molecule has 0 atom stereocenters. The fraction of sp³-hybridized carbons (Fsp3) is 0.500. The van der Waals surface area contributed by atoms with Gasteiger partial charge in [0.2, 0.25) is 0 Å². The van der Waals surface area contributed by atoms with Gasteiger partial charge in [0.25, 0.3) is 0 Å². The average molecular weight is 211 g/mol. The molecule has 0 amide bonds. The monoisotopic (exact) mass is 211 g/mol. The van der Waals surface area contributed by atoms with Crippen LogP contribution in [0, 0.1) is 0 Å². The molecule has 0 radical (unpaired) electrons. The van der Waals surface area contributed by atoms with Crippen molar-refractivity contribution in [1.29, 1.82) is 0 Å². The van der Waals surface area contributed by atoms with Crippen LogP contribution in [0.5, 0.6) is 0 Å². The summed E-state index contributed by atoms with van der Waals surface area (Å²) in [7, 11) is 0. The van der Waals surface area contributed by atoms with E-state index in [9.17, 15) is 0 Å². The SMILES string of the molecule is S=Cc1ccc(N2CCCCC2)s1. The molecule has 0 unspecified atom stereocenters. The van der Waals surface area contributed by atoms with Crippen molar-refractivity contribution in [1.82, 2.24) is 0 Å². The van der Waals surface area contributed by atoms with Crippen LogP contribution in [0.4, 0.5) is 5.00 Å². The van der Waals surface area contributed by atoms with Gasteiger partial charge in [-0.25, -0.2) is 0 Å². The molecule has 2 rings (SSSR count). The van der Waals surface area contributed by atoms with Crippen LogP contribution >= 0.6 is 23.6 Å². The van der Waals surface area contributed by atoms with Gasteiger partial charge in [-0.3, -0.25) is 0 Å². The summed E-state index contributed by atoms with van der Waals surface area (Å²) in [6.45, 7) is 2.44. The predicted octanol–water partition coefficient (Wildman–Crippen LogP) is 3.09. The normalized spacial score (nSPS) is 17.4. The van der Waals surface area contributed by atoms with Crippen LogP contribution in [-0.4, -0.2) is 18.5 Å². The van der Waals surface area contributed by atoms with Crippen LogP contribution in [0.15, 0.2) is 12.1 Å². The number of hydrogen-bond acceptors (Lipinski definition) is 3. The Hall–Kier alpha value is -0.410. The number of nitrogens with zero attached hydrogens (tertiary/aromatic N) is 1. The number of piperidine rings is 1. The van der Waals surface area contributed by atoms with Gasteiger partial charge in [0, 0.05) is 23.3 Å². The molecule has 1 saturated heterocycles. The van der Waals surface area contributed by atoms with Gasteiger partial charge in [-0.15, -0.1) is 11.3 Å². The lowest BCUT2D eigenvalue weighted by atomic mass is 10.1. The van der Waals surface area contributed by atoms with Crippen molar-refractivity contribution in [2.45, 2.75) is 19.3 Å². The van der Waals surface area contributed by atoms with Crippen LogP contribution in [0.25, 0.3) is 0 Å². The van der Waals surface area contributed by atoms with Crippen molar-refractivity contribution in [3.8, 4) is 0 Å². The summed E-state index contributed by atoms with van der Waals surface area (Å²) >= 11 is 6.71. The Balaban J connectivity index is 2.09. The van der Waals surface area contributed by atoms with E-state index in [1.165, 1.54) is 42.2 Å². The molecule has 2 heterocycles. The molecule has 0 bridgehead atoms. The average Bonchev–Trinajstić information content (AvgIpc) is 2.67. The minimum Gasteiger partial charge on any atom is -0.363 e. The first-order valence-electron chi connectivity index (χ1n) is 4.70. The van der Waals surface area contributed by atoms with Crippen molar-refractivity contribution >= 4 is 33.9 Å². The molecule has 1 fully saturated rings. The van der Waals surface area contributed by atoms with Crippen LogP contribution in [-0.2, 0) is 0 Å². The van der Waals surface area contributed by atoms with Gasteiger partial charge in [0.05, 0.1) is 5.00 Å². The summed E-state index contributed by atoms with van der Waals surface area (Å²) in [6, 6.07) is 4.30. The van der Waals surface area contributed by atoms with E-state index in [1.807, 2.05) is 0 Å². The molecule has 13 heavy (non-hydrogen) atoms. The number of thiocarbonyl (C=S) groups is 1. The van der Waals surface area contributed by atoms with Crippen molar-refractivity contribution in [2.75, 3.05) is 18.0 Å². The maximum absolute atomic E-state index is 4.90. The molecule has 3 heteroatoms. The highest BCUT2D eigenvalue weighted by Crippen LogP contribution is 2.27. The molecule has 0 saturated carbocycles. The molecular weight excluding hydrogens is 198 g/mol. The maximum atomic E-state index is 4.90. The zero-order valence-electron chi connectivity index (χ0n) is 7.53. The molecule has 1 nitrogen and oxygen atoms in total. The molecule has 1 aromatic rings. The minimum absolute atomic E-state index is 1.20. The fourth-order valence-electron chi connectivity index (χ4n) is 1.69. The number of rotatable bonds is 2. The van der Waals surface area contributed by atoms with Gasteiger partial charge in [-0.1, -0.05) is 12.2 Å². The zero-order chi connectivity index (χ0) is 9.10. The summed E-state index contributed by atoms with van der Waals surface area (Å²) in [4.78, 5) is 3.67. The van der Waals surface area contributed by atoms with E-state index in [4.69, 9.17) is 12.2 Å². The minimum atomic E-state index is 1.20. The summed E-state index contributed by atoms with van der Waals surface area (Å²) in [6.07, 6.45) is 4.07. The molecule has 1 aliphatic rings. The third kappa shape index (κ3) is 2.09. The van der Waals surface area contributed by atoms with E-state index < -0.39 is 0 Å². The van der Waals surface area contributed by atoms with Crippen molar-refractivity contribution in [2.24, 2.45) is 0 Å². The second kappa shape index (κ2) is 4.20. The highest BCUT2D eigenvalue weighted by Gasteiger charge is 2.11. The van der Waals surface area contributed by atoms with Gasteiger partial charge in [-0.05, 0) is 31.4 Å². The van der Waals surface area contributed by atoms with Crippen LogP contribution in [0.1, 0.15) is 24.1 Å². The topological polar surface area (TPSA) is 3.24 Å². The first-order chi connectivity index (χ1) is 6.40. The van der Waals surface area contributed by atoms with Crippen LogP contribution in [0.3, 0.4) is 0 Å². The quantitative estimate of drug-likeness (QED) is 0.692. The molecule has 1 aliphatic heterocycles. The number of anilines is 1. The Morgan fingerprint density at radius 1 is 1.23 bits per heavy atom. The van der Waals surface area contributed by atoms with Crippen molar-refractivity contribution in [3.05, 3.63) is 17.0 Å². The number of hydrogen-bond donors (Lipinski definition) is 0. The second-order valence-corrected chi connectivity index (χ2v) is 4.67. The smallest absolute Gasteiger partial charge is 0.0915 e. The number of thiophene rings is 1. The first kappa shape index (κ1) is 9.16. The lowest BCUT2D eigenvalue weighted by molar-refractivity contribution is 0.580. The van der Waals surface area contributed by atoms with Crippen molar-refractivity contribution in [3.63, 3.8) is 0 Å². The molecule has 70 valence electrons.